The van der Waals surface area contributed by atoms with Crippen LogP contribution in [0.4, 0.5) is 0 Å². The van der Waals surface area contributed by atoms with Crippen molar-refractivity contribution in [1.29, 1.82) is 0 Å². The lowest BCUT2D eigenvalue weighted by Gasteiger charge is -2.37. The summed E-state index contributed by atoms with van der Waals surface area (Å²) in [6, 6.07) is 6.53. The van der Waals surface area contributed by atoms with Gasteiger partial charge in [-0.15, -0.1) is 0 Å². The average molecular weight is 412 g/mol. The number of likely N-dealkylation sites (tertiary alicyclic amines) is 1. The number of piperidine rings is 1. The minimum atomic E-state index is -0.666. The zero-order valence-electron chi connectivity index (χ0n) is 16.1. The first-order valence-corrected chi connectivity index (χ1v) is 9.67. The smallest absolute Gasteiger partial charge is 0.331 e. The summed E-state index contributed by atoms with van der Waals surface area (Å²) in [4.78, 5) is 26.6. The number of hydrogen-bond donors (Lipinski definition) is 1. The Morgan fingerprint density at radius 1 is 1.33 bits per heavy atom. The first kappa shape index (κ1) is 21.8. The molecule has 0 aromatic heterocycles. The van der Waals surface area contributed by atoms with Crippen molar-refractivity contribution in [1.82, 2.24) is 4.90 Å². The molecule has 2 atom stereocenters. The van der Waals surface area contributed by atoms with E-state index in [4.69, 9.17) is 21.1 Å². The van der Waals surface area contributed by atoms with Crippen LogP contribution in [0.1, 0.15) is 38.8 Å². The minimum absolute atomic E-state index is 0.0259. The Morgan fingerprint density at radius 2 is 2.00 bits per heavy atom. The van der Waals surface area contributed by atoms with Gasteiger partial charge >= 0.3 is 11.9 Å². The highest BCUT2D eigenvalue weighted by Gasteiger charge is 2.34. The molecule has 1 saturated heterocycles. The highest BCUT2D eigenvalue weighted by molar-refractivity contribution is 7.81. The van der Waals surface area contributed by atoms with Gasteiger partial charge in [-0.05, 0) is 44.4 Å². The van der Waals surface area contributed by atoms with Crippen molar-refractivity contribution in [3.05, 3.63) is 46.5 Å². The van der Waals surface area contributed by atoms with E-state index in [1.165, 1.54) is 13.2 Å². The monoisotopic (exact) mass is 411 g/mol. The summed E-state index contributed by atoms with van der Waals surface area (Å²) in [7, 11) is 1.35. The summed E-state index contributed by atoms with van der Waals surface area (Å²) in [5.74, 6) is -0.797. The van der Waals surface area contributed by atoms with Crippen LogP contribution in [0.2, 0.25) is 5.02 Å². The Morgan fingerprint density at radius 3 is 2.59 bits per heavy atom. The van der Waals surface area contributed by atoms with Crippen molar-refractivity contribution >= 4 is 36.2 Å². The molecule has 2 unspecified atom stereocenters. The normalized spacial score (nSPS) is 21.0. The number of thiol groups is 1. The number of nitrogens with zero attached hydrogens (tertiary/aromatic N) is 1. The standard InChI is InChI=1S/C20H26ClNO4S/c1-20(2,3)26-17(23)10-13-9-14(27)12-22(11-13)18(19(24)25-4)15-7-5-6-8-16(15)21/h5-8,10,14,18,27H,9,11-12H2,1-4H3/b13-10+. The van der Waals surface area contributed by atoms with E-state index in [9.17, 15) is 9.59 Å². The molecule has 27 heavy (non-hydrogen) atoms. The van der Waals surface area contributed by atoms with Gasteiger partial charge in [0.2, 0.25) is 0 Å². The Balaban J connectivity index is 2.30. The second-order valence-electron chi connectivity index (χ2n) is 7.57. The molecular weight excluding hydrogens is 386 g/mol. The van der Waals surface area contributed by atoms with Gasteiger partial charge in [-0.1, -0.05) is 29.8 Å². The van der Waals surface area contributed by atoms with Gasteiger partial charge in [-0.25, -0.2) is 9.59 Å². The predicted molar refractivity (Wildman–Crippen MR) is 109 cm³/mol. The van der Waals surface area contributed by atoms with E-state index in [-0.39, 0.29) is 5.25 Å². The molecule has 0 radical (unpaired) electrons. The van der Waals surface area contributed by atoms with Crippen LogP contribution >= 0.6 is 24.2 Å². The molecule has 1 aromatic carbocycles. The molecular formula is C20H26ClNO4S. The molecule has 1 heterocycles. The molecule has 0 spiro atoms. The van der Waals surface area contributed by atoms with Gasteiger partial charge in [0.25, 0.3) is 0 Å². The van der Waals surface area contributed by atoms with Crippen molar-refractivity contribution in [2.45, 2.75) is 44.1 Å². The van der Waals surface area contributed by atoms with Crippen LogP contribution in [0.3, 0.4) is 0 Å². The number of esters is 2. The molecule has 0 aliphatic carbocycles. The fourth-order valence-corrected chi connectivity index (χ4v) is 3.79. The highest BCUT2D eigenvalue weighted by atomic mass is 35.5. The Kier molecular flexibility index (Phi) is 7.37. The molecule has 0 bridgehead atoms. The average Bonchev–Trinajstić information content (AvgIpc) is 2.54. The molecule has 1 aliphatic heterocycles. The van der Waals surface area contributed by atoms with Crippen LogP contribution in [0, 0.1) is 0 Å². The first-order valence-electron chi connectivity index (χ1n) is 8.77. The maximum absolute atomic E-state index is 12.5. The largest absolute Gasteiger partial charge is 0.468 e. The molecule has 1 aliphatic rings. The molecule has 2 rings (SSSR count). The van der Waals surface area contributed by atoms with Gasteiger partial charge < -0.3 is 9.47 Å². The van der Waals surface area contributed by atoms with Crippen LogP contribution in [-0.2, 0) is 19.1 Å². The lowest BCUT2D eigenvalue weighted by molar-refractivity contribution is -0.148. The van der Waals surface area contributed by atoms with Crippen LogP contribution in [0.25, 0.3) is 0 Å². The summed E-state index contributed by atoms with van der Waals surface area (Å²) < 4.78 is 10.4. The zero-order valence-corrected chi connectivity index (χ0v) is 17.7. The highest BCUT2D eigenvalue weighted by Crippen LogP contribution is 2.33. The van der Waals surface area contributed by atoms with Crippen LogP contribution < -0.4 is 0 Å². The Bertz CT molecular complexity index is 729. The van der Waals surface area contributed by atoms with E-state index in [0.29, 0.717) is 30.1 Å². The van der Waals surface area contributed by atoms with Crippen molar-refractivity contribution < 1.29 is 19.1 Å². The second kappa shape index (κ2) is 9.13. The van der Waals surface area contributed by atoms with Gasteiger partial charge in [0.15, 0.2) is 0 Å². The van der Waals surface area contributed by atoms with Crippen molar-refractivity contribution in [3.63, 3.8) is 0 Å². The lowest BCUT2D eigenvalue weighted by Crippen LogP contribution is -2.43. The quantitative estimate of drug-likeness (QED) is 0.463. The number of halogens is 1. The third-order valence-corrected chi connectivity index (χ3v) is 4.76. The molecule has 7 heteroatoms. The van der Waals surface area contributed by atoms with E-state index < -0.39 is 23.6 Å². The van der Waals surface area contributed by atoms with E-state index in [2.05, 4.69) is 12.6 Å². The number of rotatable bonds is 4. The number of carbonyl (C=O) groups excluding carboxylic acids is 2. The van der Waals surface area contributed by atoms with Gasteiger partial charge in [-0.2, -0.15) is 12.6 Å². The molecule has 1 fully saturated rings. The summed E-state index contributed by atoms with van der Waals surface area (Å²) in [6.45, 7) is 6.47. The molecule has 0 N–H and O–H groups in total. The van der Waals surface area contributed by atoms with Crippen molar-refractivity contribution in [2.75, 3.05) is 20.2 Å². The summed E-state index contributed by atoms with van der Waals surface area (Å²) in [5, 5.41) is 0.467. The molecule has 5 nitrogen and oxygen atoms in total. The Labute approximate surface area is 171 Å². The third-order valence-electron chi connectivity index (χ3n) is 4.07. The summed E-state index contributed by atoms with van der Waals surface area (Å²) >= 11 is 10.9. The number of ether oxygens (including phenoxy) is 2. The summed E-state index contributed by atoms with van der Waals surface area (Å²) in [6.07, 6.45) is 2.15. The molecule has 1 aromatic rings. The van der Waals surface area contributed by atoms with Gasteiger partial charge in [0, 0.05) is 29.4 Å². The third kappa shape index (κ3) is 6.26. The SMILES string of the molecule is COC(=O)C(c1ccccc1Cl)N1C/C(=C/C(=O)OC(C)(C)C)CC(S)C1. The topological polar surface area (TPSA) is 55.8 Å². The van der Waals surface area contributed by atoms with Gasteiger partial charge in [0.05, 0.1) is 7.11 Å². The fraction of sp³-hybridized carbons (Fsp3) is 0.500. The molecule has 148 valence electrons. The van der Waals surface area contributed by atoms with Crippen LogP contribution in [-0.4, -0.2) is 47.9 Å². The first-order chi connectivity index (χ1) is 12.6. The van der Waals surface area contributed by atoms with E-state index in [1.807, 2.05) is 43.9 Å². The van der Waals surface area contributed by atoms with Crippen molar-refractivity contribution in [3.8, 4) is 0 Å². The fourth-order valence-electron chi connectivity index (χ4n) is 3.11. The molecule has 0 amide bonds. The zero-order chi connectivity index (χ0) is 20.2. The second-order valence-corrected chi connectivity index (χ2v) is 8.71. The maximum Gasteiger partial charge on any atom is 0.331 e. The van der Waals surface area contributed by atoms with E-state index in [1.54, 1.807) is 6.07 Å². The lowest BCUT2D eigenvalue weighted by atomic mass is 9.98. The van der Waals surface area contributed by atoms with Crippen LogP contribution in [0.5, 0.6) is 0 Å². The minimum Gasteiger partial charge on any atom is -0.468 e. The number of carbonyl (C=O) groups is 2. The number of methoxy groups -OCH3 is 1. The maximum atomic E-state index is 12.5. The van der Waals surface area contributed by atoms with Gasteiger partial charge in [0.1, 0.15) is 11.6 Å². The number of hydrogen-bond acceptors (Lipinski definition) is 6. The van der Waals surface area contributed by atoms with Crippen molar-refractivity contribution in [2.24, 2.45) is 0 Å². The number of benzene rings is 1. The van der Waals surface area contributed by atoms with Gasteiger partial charge in [-0.3, -0.25) is 4.90 Å². The summed E-state index contributed by atoms with van der Waals surface area (Å²) in [5.41, 5.74) is 0.969. The van der Waals surface area contributed by atoms with Crippen LogP contribution in [0.15, 0.2) is 35.9 Å². The predicted octanol–water partition coefficient (Wildman–Crippen LogP) is 3.83. The van der Waals surface area contributed by atoms with E-state index in [0.717, 1.165) is 5.57 Å². The van der Waals surface area contributed by atoms with E-state index >= 15 is 0 Å². The molecule has 0 saturated carbocycles. The Hall–Kier alpha value is -1.50.